The zero-order valence-corrected chi connectivity index (χ0v) is 14.3. The van der Waals surface area contributed by atoms with Gasteiger partial charge in [0.2, 0.25) is 0 Å². The number of amidine groups is 1. The molecule has 2 fully saturated rings. The molecule has 0 bridgehead atoms. The first-order valence-corrected chi connectivity index (χ1v) is 9.00. The summed E-state index contributed by atoms with van der Waals surface area (Å²) in [6.07, 6.45) is 10.8. The Bertz CT molecular complexity index is 614. The molecule has 0 radical (unpaired) electrons. The van der Waals surface area contributed by atoms with Gasteiger partial charge >= 0.3 is 0 Å². The van der Waals surface area contributed by atoms with Crippen molar-refractivity contribution in [3.63, 3.8) is 0 Å². The summed E-state index contributed by atoms with van der Waals surface area (Å²) in [7, 11) is 0. The maximum absolute atomic E-state index is 13.1. The number of rotatable bonds is 2. The molecule has 124 valence electrons. The monoisotopic (exact) mass is 334 g/mol. The number of nitrogens with zero attached hydrogens (tertiary/aromatic N) is 3. The molecule has 4 rings (SSSR count). The minimum atomic E-state index is -0.554. The van der Waals surface area contributed by atoms with Crippen LogP contribution in [0.25, 0.3) is 0 Å². The first kappa shape index (κ1) is 15.1. The van der Waals surface area contributed by atoms with Crippen LogP contribution in [0.15, 0.2) is 28.5 Å². The van der Waals surface area contributed by atoms with Gasteiger partial charge in [-0.05, 0) is 50.3 Å². The second-order valence-electron chi connectivity index (χ2n) is 7.00. The minimum Gasteiger partial charge on any atom is -0.337 e. The molecule has 23 heavy (non-hydrogen) atoms. The van der Waals surface area contributed by atoms with Crippen molar-refractivity contribution in [2.75, 3.05) is 13.1 Å². The molecule has 6 heteroatoms. The van der Waals surface area contributed by atoms with E-state index >= 15 is 0 Å². The fourth-order valence-corrected chi connectivity index (χ4v) is 4.57. The van der Waals surface area contributed by atoms with E-state index in [1.807, 2.05) is 17.2 Å². The lowest BCUT2D eigenvalue weighted by Gasteiger charge is -2.42. The van der Waals surface area contributed by atoms with Crippen molar-refractivity contribution in [3.8, 4) is 0 Å². The maximum Gasteiger partial charge on any atom is 0.270 e. The van der Waals surface area contributed by atoms with Crippen LogP contribution in [0.2, 0.25) is 0 Å². The number of carbonyl (C=O) groups is 1. The van der Waals surface area contributed by atoms with E-state index in [4.69, 9.17) is 11.6 Å². The largest absolute Gasteiger partial charge is 0.337 e. The van der Waals surface area contributed by atoms with E-state index in [9.17, 15) is 4.79 Å². The van der Waals surface area contributed by atoms with Gasteiger partial charge in [0.25, 0.3) is 5.91 Å². The summed E-state index contributed by atoms with van der Waals surface area (Å²) >= 11 is 6.15. The van der Waals surface area contributed by atoms with E-state index in [2.05, 4.69) is 22.1 Å². The van der Waals surface area contributed by atoms with Crippen LogP contribution in [0, 0.1) is 0 Å². The highest BCUT2D eigenvalue weighted by Gasteiger charge is 2.49. The molecule has 1 amide bonds. The van der Waals surface area contributed by atoms with Crippen LogP contribution >= 0.6 is 11.6 Å². The SMILES string of the molecule is CC12N=C(Cl)NC=C1C=C(C(=O)N1CCCC1)N2C1CCCC1. The number of hydrogen-bond acceptors (Lipinski definition) is 4. The molecule has 3 heterocycles. The summed E-state index contributed by atoms with van der Waals surface area (Å²) in [5, 5.41) is 3.37. The maximum atomic E-state index is 13.1. The van der Waals surface area contributed by atoms with E-state index in [0.29, 0.717) is 11.3 Å². The molecule has 1 atom stereocenters. The first-order chi connectivity index (χ1) is 11.1. The Morgan fingerprint density at radius 2 is 2.00 bits per heavy atom. The number of fused-ring (bicyclic) bond motifs is 1. The Morgan fingerprint density at radius 3 is 2.70 bits per heavy atom. The standard InChI is InChI=1S/C17H23ClN4O/c1-17-12(11-19-16(18)20-17)10-14(15(23)21-8-4-5-9-21)22(17)13-6-2-3-7-13/h10-11,13H,2-9H2,1H3,(H,19,20). The Labute approximate surface area is 142 Å². The van der Waals surface area contributed by atoms with Gasteiger partial charge in [0.15, 0.2) is 11.0 Å². The van der Waals surface area contributed by atoms with Crippen LogP contribution in [0.3, 0.4) is 0 Å². The minimum absolute atomic E-state index is 0.150. The van der Waals surface area contributed by atoms with E-state index in [1.54, 1.807) is 0 Å². The Hall–Kier alpha value is -1.49. The van der Waals surface area contributed by atoms with Crippen molar-refractivity contribution in [3.05, 3.63) is 23.5 Å². The van der Waals surface area contributed by atoms with E-state index < -0.39 is 5.66 Å². The number of amides is 1. The van der Waals surface area contributed by atoms with Crippen molar-refractivity contribution < 1.29 is 4.79 Å². The average molecular weight is 335 g/mol. The van der Waals surface area contributed by atoms with Gasteiger partial charge < -0.3 is 15.1 Å². The fourth-order valence-electron chi connectivity index (χ4n) is 4.35. The second kappa shape index (κ2) is 5.55. The summed E-state index contributed by atoms with van der Waals surface area (Å²) in [5.74, 6) is 0.150. The van der Waals surface area contributed by atoms with Gasteiger partial charge in [-0.1, -0.05) is 12.8 Å². The third kappa shape index (κ3) is 2.36. The van der Waals surface area contributed by atoms with E-state index in [0.717, 1.165) is 50.0 Å². The molecule has 1 N–H and O–H groups in total. The van der Waals surface area contributed by atoms with Crippen molar-refractivity contribution >= 4 is 22.8 Å². The summed E-state index contributed by atoms with van der Waals surface area (Å²) in [4.78, 5) is 22.0. The lowest BCUT2D eigenvalue weighted by Crippen LogP contribution is -2.51. The third-order valence-electron chi connectivity index (χ3n) is 5.53. The number of aliphatic imine (C=N–C) groups is 1. The number of hydrogen-bond donors (Lipinski definition) is 1. The molecule has 0 aromatic rings. The summed E-state index contributed by atoms with van der Waals surface area (Å²) in [6.45, 7) is 3.81. The molecule has 4 aliphatic rings. The molecular formula is C17H23ClN4O. The van der Waals surface area contributed by atoms with Gasteiger partial charge in [-0.25, -0.2) is 4.99 Å². The topological polar surface area (TPSA) is 47.9 Å². The van der Waals surface area contributed by atoms with Crippen LogP contribution in [-0.4, -0.2) is 45.8 Å². The molecule has 0 aromatic carbocycles. The zero-order chi connectivity index (χ0) is 16.0. The number of likely N-dealkylation sites (tertiary alicyclic amines) is 1. The number of carbonyl (C=O) groups excluding carboxylic acids is 1. The Balaban J connectivity index is 1.72. The van der Waals surface area contributed by atoms with E-state index in [1.165, 1.54) is 12.8 Å². The Morgan fingerprint density at radius 1 is 1.30 bits per heavy atom. The van der Waals surface area contributed by atoms with Crippen molar-refractivity contribution in [1.29, 1.82) is 0 Å². The molecule has 0 aromatic heterocycles. The molecule has 5 nitrogen and oxygen atoms in total. The summed E-state index contributed by atoms with van der Waals surface area (Å²) in [5.41, 5.74) is 1.27. The molecule has 3 aliphatic heterocycles. The van der Waals surface area contributed by atoms with Gasteiger partial charge in [-0.15, -0.1) is 0 Å². The lowest BCUT2D eigenvalue weighted by molar-refractivity contribution is -0.128. The van der Waals surface area contributed by atoms with Gasteiger partial charge in [0.05, 0.1) is 0 Å². The lowest BCUT2D eigenvalue weighted by atomic mass is 10.0. The van der Waals surface area contributed by atoms with E-state index in [-0.39, 0.29) is 5.91 Å². The normalized spacial score (nSPS) is 30.8. The van der Waals surface area contributed by atoms with Crippen LogP contribution < -0.4 is 5.32 Å². The molecular weight excluding hydrogens is 312 g/mol. The van der Waals surface area contributed by atoms with Crippen LogP contribution in [-0.2, 0) is 4.79 Å². The third-order valence-corrected chi connectivity index (χ3v) is 5.73. The number of halogens is 1. The summed E-state index contributed by atoms with van der Waals surface area (Å²) < 4.78 is 0. The quantitative estimate of drug-likeness (QED) is 0.789. The highest BCUT2D eigenvalue weighted by Crippen LogP contribution is 2.44. The van der Waals surface area contributed by atoms with Crippen molar-refractivity contribution in [1.82, 2.24) is 15.1 Å². The second-order valence-corrected chi connectivity index (χ2v) is 7.36. The zero-order valence-electron chi connectivity index (χ0n) is 13.5. The number of nitrogens with one attached hydrogen (secondary N) is 1. The Kier molecular flexibility index (Phi) is 3.63. The predicted molar refractivity (Wildman–Crippen MR) is 90.9 cm³/mol. The van der Waals surface area contributed by atoms with Crippen LogP contribution in [0.4, 0.5) is 0 Å². The van der Waals surface area contributed by atoms with Gasteiger partial charge in [0, 0.05) is 30.9 Å². The van der Waals surface area contributed by atoms with Crippen LogP contribution in [0.1, 0.15) is 45.4 Å². The van der Waals surface area contributed by atoms with Crippen molar-refractivity contribution in [2.45, 2.75) is 57.2 Å². The van der Waals surface area contributed by atoms with Crippen molar-refractivity contribution in [2.24, 2.45) is 4.99 Å². The molecule has 1 saturated carbocycles. The smallest absolute Gasteiger partial charge is 0.270 e. The predicted octanol–water partition coefficient (Wildman–Crippen LogP) is 2.55. The molecule has 0 spiro atoms. The van der Waals surface area contributed by atoms with Crippen LogP contribution in [0.5, 0.6) is 0 Å². The molecule has 1 saturated heterocycles. The highest BCUT2D eigenvalue weighted by atomic mass is 35.5. The van der Waals surface area contributed by atoms with Gasteiger partial charge in [-0.2, -0.15) is 0 Å². The highest BCUT2D eigenvalue weighted by molar-refractivity contribution is 6.65. The fraction of sp³-hybridized carbons (Fsp3) is 0.647. The van der Waals surface area contributed by atoms with Gasteiger partial charge in [-0.3, -0.25) is 4.79 Å². The first-order valence-electron chi connectivity index (χ1n) is 8.62. The molecule has 1 aliphatic carbocycles. The molecule has 1 unspecified atom stereocenters. The van der Waals surface area contributed by atoms with Gasteiger partial charge in [0.1, 0.15) is 5.70 Å². The average Bonchev–Trinajstić information content (AvgIpc) is 3.25. The summed E-state index contributed by atoms with van der Waals surface area (Å²) in [6, 6.07) is 0.370.